The molecule has 3 rings (SSSR count). The van der Waals surface area contributed by atoms with Crippen LogP contribution in [0.15, 0.2) is 48.5 Å². The number of hydrogen-bond donors (Lipinski definition) is 6. The molecule has 0 radical (unpaired) electrons. The first-order valence-corrected chi connectivity index (χ1v) is 10.3. The highest BCUT2D eigenvalue weighted by atomic mass is 16.4. The van der Waals surface area contributed by atoms with E-state index in [2.05, 4.69) is 0 Å². The fourth-order valence-electron chi connectivity index (χ4n) is 3.03. The highest BCUT2D eigenvalue weighted by molar-refractivity contribution is 6.03. The summed E-state index contributed by atoms with van der Waals surface area (Å²) in [5.41, 5.74) is 1.95. The van der Waals surface area contributed by atoms with Crippen LogP contribution in [0.3, 0.4) is 0 Å². The highest BCUT2D eigenvalue weighted by Gasteiger charge is 2.20. The molecule has 0 aliphatic heterocycles. The van der Waals surface area contributed by atoms with Crippen LogP contribution in [0.2, 0.25) is 0 Å². The van der Waals surface area contributed by atoms with Gasteiger partial charge in [-0.3, -0.25) is 0 Å². The summed E-state index contributed by atoms with van der Waals surface area (Å²) in [6, 6.07) is 11.7. The molecule has 0 amide bonds. The van der Waals surface area contributed by atoms with E-state index in [0.717, 1.165) is 11.1 Å². The summed E-state index contributed by atoms with van der Waals surface area (Å²) in [5, 5.41) is 52.6. The third-order valence-corrected chi connectivity index (χ3v) is 5.19. The van der Waals surface area contributed by atoms with Crippen molar-refractivity contribution in [2.75, 3.05) is 0 Å². The van der Waals surface area contributed by atoms with E-state index < -0.39 is 23.9 Å². The van der Waals surface area contributed by atoms with E-state index in [1.165, 1.54) is 30.3 Å². The maximum atomic E-state index is 10.8. The lowest BCUT2D eigenvalue weighted by molar-refractivity contribution is 0.0650. The smallest absolute Gasteiger partial charge is 0.336 e. The normalized spacial score (nSPS) is 9.67. The fraction of sp³-hybridized carbons (Fsp3) is 0.154. The van der Waals surface area contributed by atoms with Gasteiger partial charge in [-0.05, 0) is 74.2 Å². The molecule has 0 atom stereocenters. The molecule has 36 heavy (non-hydrogen) atoms. The second-order valence-corrected chi connectivity index (χ2v) is 7.60. The van der Waals surface area contributed by atoms with Crippen molar-refractivity contribution in [1.29, 1.82) is 0 Å². The summed E-state index contributed by atoms with van der Waals surface area (Å²) in [4.78, 5) is 43.1. The van der Waals surface area contributed by atoms with Gasteiger partial charge >= 0.3 is 23.9 Å². The first-order chi connectivity index (χ1) is 16.7. The molecular formula is C26H26O10. The number of aryl methyl sites for hydroxylation is 2. The van der Waals surface area contributed by atoms with Crippen LogP contribution in [0.1, 0.15) is 63.7 Å². The third-order valence-electron chi connectivity index (χ3n) is 5.19. The van der Waals surface area contributed by atoms with Crippen molar-refractivity contribution in [2.45, 2.75) is 27.7 Å². The van der Waals surface area contributed by atoms with Gasteiger partial charge in [-0.1, -0.05) is 18.2 Å². The zero-order chi connectivity index (χ0) is 27.7. The minimum Gasteiger partial charge on any atom is -0.508 e. The van der Waals surface area contributed by atoms with Crippen molar-refractivity contribution < 1.29 is 49.8 Å². The molecule has 10 nitrogen and oxygen atoms in total. The standard InChI is InChI=1S/2C10H10O4.C6H6O2/c2*1-5-3-4-7(9(11)12)8(6(5)2)10(13)14;7-5-2-1-3-6(8)4-5/h2*3-4H,1-2H3,(H,11,12)(H,13,14);1-4,7-8H. The first-order valence-electron chi connectivity index (χ1n) is 10.3. The largest absolute Gasteiger partial charge is 0.508 e. The lowest BCUT2D eigenvalue weighted by atomic mass is 9.98. The second-order valence-electron chi connectivity index (χ2n) is 7.60. The zero-order valence-corrected chi connectivity index (χ0v) is 19.9. The average molecular weight is 498 g/mol. The summed E-state index contributed by atoms with van der Waals surface area (Å²) in [6.07, 6.45) is 0. The maximum Gasteiger partial charge on any atom is 0.336 e. The van der Waals surface area contributed by atoms with Crippen molar-refractivity contribution in [2.24, 2.45) is 0 Å². The van der Waals surface area contributed by atoms with E-state index in [9.17, 15) is 19.2 Å². The van der Waals surface area contributed by atoms with Crippen LogP contribution in [0, 0.1) is 27.7 Å². The number of phenols is 2. The molecule has 0 fully saturated rings. The van der Waals surface area contributed by atoms with E-state index >= 15 is 0 Å². The zero-order valence-electron chi connectivity index (χ0n) is 19.9. The maximum absolute atomic E-state index is 10.8. The Hall–Kier alpha value is -4.86. The number of aromatic hydroxyl groups is 2. The fourth-order valence-corrected chi connectivity index (χ4v) is 3.03. The Morgan fingerprint density at radius 1 is 0.528 bits per heavy atom. The molecule has 3 aromatic rings. The quantitative estimate of drug-likeness (QED) is 0.299. The van der Waals surface area contributed by atoms with Gasteiger partial charge in [0.1, 0.15) is 11.5 Å². The van der Waals surface area contributed by atoms with Crippen LogP contribution in [0.25, 0.3) is 0 Å². The SMILES string of the molecule is Cc1ccc(C(=O)O)c(C(=O)O)c1C.Cc1ccc(C(=O)O)c(C(=O)O)c1C.Oc1cccc(O)c1. The van der Waals surface area contributed by atoms with Gasteiger partial charge in [0.25, 0.3) is 0 Å². The predicted molar refractivity (Wildman–Crippen MR) is 129 cm³/mol. The molecule has 6 N–H and O–H groups in total. The number of hydrogen-bond acceptors (Lipinski definition) is 6. The van der Waals surface area contributed by atoms with E-state index in [1.807, 2.05) is 0 Å². The number of rotatable bonds is 4. The van der Waals surface area contributed by atoms with Crippen LogP contribution in [-0.2, 0) is 0 Å². The molecular weight excluding hydrogens is 472 g/mol. The van der Waals surface area contributed by atoms with Crippen LogP contribution in [-0.4, -0.2) is 54.5 Å². The Morgan fingerprint density at radius 2 is 0.861 bits per heavy atom. The van der Waals surface area contributed by atoms with Crippen molar-refractivity contribution in [3.63, 3.8) is 0 Å². The number of carboxylic acid groups (broad SMARTS) is 4. The van der Waals surface area contributed by atoms with Crippen LogP contribution >= 0.6 is 0 Å². The van der Waals surface area contributed by atoms with Crippen molar-refractivity contribution in [3.05, 3.63) is 93.0 Å². The van der Waals surface area contributed by atoms with Crippen LogP contribution < -0.4 is 0 Å². The topological polar surface area (TPSA) is 190 Å². The molecule has 0 saturated heterocycles. The predicted octanol–water partition coefficient (Wildman–Crippen LogP) is 4.50. The van der Waals surface area contributed by atoms with E-state index in [-0.39, 0.29) is 33.8 Å². The van der Waals surface area contributed by atoms with Gasteiger partial charge in [0.2, 0.25) is 0 Å². The van der Waals surface area contributed by atoms with E-state index in [4.69, 9.17) is 30.6 Å². The van der Waals surface area contributed by atoms with Crippen LogP contribution in [0.5, 0.6) is 11.5 Å². The number of carbonyl (C=O) groups is 4. The summed E-state index contributed by atoms with van der Waals surface area (Å²) in [6.45, 7) is 6.69. The molecule has 0 unspecified atom stereocenters. The van der Waals surface area contributed by atoms with Gasteiger partial charge in [0.15, 0.2) is 0 Å². The van der Waals surface area contributed by atoms with Gasteiger partial charge < -0.3 is 30.6 Å². The molecule has 0 aromatic heterocycles. The average Bonchev–Trinajstić information content (AvgIpc) is 2.77. The van der Waals surface area contributed by atoms with E-state index in [0.29, 0.717) is 11.1 Å². The number of phenolic OH excluding ortho intramolecular Hbond substituents is 2. The molecule has 0 aliphatic rings. The summed E-state index contributed by atoms with van der Waals surface area (Å²) >= 11 is 0. The summed E-state index contributed by atoms with van der Waals surface area (Å²) < 4.78 is 0. The Kier molecular flexibility index (Phi) is 10.2. The van der Waals surface area contributed by atoms with E-state index in [1.54, 1.807) is 45.9 Å². The first kappa shape index (κ1) is 29.2. The lowest BCUT2D eigenvalue weighted by Gasteiger charge is -2.07. The Balaban J connectivity index is 0.000000281. The minimum atomic E-state index is -1.22. The van der Waals surface area contributed by atoms with Gasteiger partial charge in [-0.15, -0.1) is 0 Å². The van der Waals surface area contributed by atoms with Crippen LogP contribution in [0.4, 0.5) is 0 Å². The molecule has 0 aliphatic carbocycles. The molecule has 0 heterocycles. The number of carboxylic acids is 4. The molecule has 0 saturated carbocycles. The van der Waals surface area contributed by atoms with Gasteiger partial charge in [0, 0.05) is 6.07 Å². The Bertz CT molecular complexity index is 1210. The lowest BCUT2D eigenvalue weighted by Crippen LogP contribution is -2.10. The monoisotopic (exact) mass is 498 g/mol. The molecule has 0 spiro atoms. The van der Waals surface area contributed by atoms with Crippen molar-refractivity contribution in [3.8, 4) is 11.5 Å². The molecule has 3 aromatic carbocycles. The van der Waals surface area contributed by atoms with Gasteiger partial charge in [-0.2, -0.15) is 0 Å². The van der Waals surface area contributed by atoms with Crippen molar-refractivity contribution in [1.82, 2.24) is 0 Å². The van der Waals surface area contributed by atoms with Gasteiger partial charge in [0.05, 0.1) is 22.3 Å². The Morgan fingerprint density at radius 3 is 1.08 bits per heavy atom. The molecule has 0 bridgehead atoms. The molecule has 10 heteroatoms. The highest BCUT2D eigenvalue weighted by Crippen LogP contribution is 2.19. The number of aromatic carboxylic acids is 4. The third kappa shape index (κ3) is 7.59. The molecule has 190 valence electrons. The van der Waals surface area contributed by atoms with Gasteiger partial charge in [-0.25, -0.2) is 19.2 Å². The van der Waals surface area contributed by atoms with Crippen molar-refractivity contribution >= 4 is 23.9 Å². The Labute approximate surface area is 206 Å². The summed E-state index contributed by atoms with van der Waals surface area (Å²) in [5.74, 6) is -4.67. The minimum absolute atomic E-state index is 0.0880. The summed E-state index contributed by atoms with van der Waals surface area (Å²) in [7, 11) is 0. The second kappa shape index (κ2) is 12.6. The number of benzene rings is 3.